The molecule has 3 N–H and O–H groups in total. The number of H-pyrrole nitrogens is 1. The average Bonchev–Trinajstić information content (AvgIpc) is 3.01. The first-order valence-corrected chi connectivity index (χ1v) is 8.41. The Morgan fingerprint density at radius 3 is 2.68 bits per heavy atom. The highest BCUT2D eigenvalue weighted by Crippen LogP contribution is 2.19. The lowest BCUT2D eigenvalue weighted by Gasteiger charge is -2.12. The van der Waals surface area contributed by atoms with Crippen LogP contribution in [0, 0.1) is 12.7 Å². The number of hydrogen-bond donors (Lipinski definition) is 3. The van der Waals surface area contributed by atoms with Crippen molar-refractivity contribution in [3.05, 3.63) is 71.2 Å². The summed E-state index contributed by atoms with van der Waals surface area (Å²) in [5.74, 6) is 0.545. The molecule has 1 heterocycles. The summed E-state index contributed by atoms with van der Waals surface area (Å²) >= 11 is 0. The lowest BCUT2D eigenvalue weighted by atomic mass is 10.1. The van der Waals surface area contributed by atoms with E-state index < -0.39 is 0 Å². The number of aromatic amines is 1. The molecule has 0 amide bonds. The van der Waals surface area contributed by atoms with E-state index in [2.05, 4.69) is 51.8 Å². The van der Waals surface area contributed by atoms with Gasteiger partial charge < -0.3 is 15.6 Å². The molecule has 0 aliphatic heterocycles. The van der Waals surface area contributed by atoms with E-state index in [1.165, 1.54) is 17.2 Å². The van der Waals surface area contributed by atoms with Crippen LogP contribution < -0.4 is 10.6 Å². The maximum atomic E-state index is 13.4. The highest BCUT2D eigenvalue weighted by Gasteiger charge is 2.05. The number of nitrogens with zero attached hydrogens (tertiary/aromatic N) is 1. The van der Waals surface area contributed by atoms with Gasteiger partial charge in [0, 0.05) is 37.2 Å². The Kier molecular flexibility index (Phi) is 5.33. The Hall–Kier alpha value is -2.82. The smallest absolute Gasteiger partial charge is 0.191 e. The summed E-state index contributed by atoms with van der Waals surface area (Å²) in [6, 6.07) is 13.2. The molecule has 0 fully saturated rings. The minimum atomic E-state index is -0.211. The summed E-state index contributed by atoms with van der Waals surface area (Å²) in [4.78, 5) is 7.42. The summed E-state index contributed by atoms with van der Waals surface area (Å²) < 4.78 is 13.4. The van der Waals surface area contributed by atoms with Crippen LogP contribution in [0.25, 0.3) is 10.9 Å². The second kappa shape index (κ2) is 7.83. The van der Waals surface area contributed by atoms with E-state index in [4.69, 9.17) is 0 Å². The normalized spacial score (nSPS) is 11.7. The Bertz CT molecular complexity index is 865. The molecule has 0 saturated heterocycles. The number of fused-ring (bicyclic) bond motifs is 1. The van der Waals surface area contributed by atoms with Crippen LogP contribution >= 0.6 is 0 Å². The molecule has 0 aliphatic carbocycles. The van der Waals surface area contributed by atoms with E-state index in [1.54, 1.807) is 19.2 Å². The number of aromatic nitrogens is 1. The number of guanidine groups is 1. The number of aliphatic imine (C=N–C) groups is 1. The first-order valence-electron chi connectivity index (χ1n) is 8.41. The second-order valence-electron chi connectivity index (χ2n) is 6.09. The third-order valence-electron chi connectivity index (χ3n) is 4.22. The SMILES string of the molecule is CN=C(NCCc1c[nH]c2ccc(F)cc12)NCc1ccc(C)cc1. The van der Waals surface area contributed by atoms with E-state index in [0.29, 0.717) is 0 Å². The van der Waals surface area contributed by atoms with Gasteiger partial charge in [-0.25, -0.2) is 4.39 Å². The van der Waals surface area contributed by atoms with Crippen LogP contribution in [0.4, 0.5) is 4.39 Å². The minimum Gasteiger partial charge on any atom is -0.361 e. The van der Waals surface area contributed by atoms with Crippen molar-refractivity contribution in [2.45, 2.75) is 19.9 Å². The summed E-state index contributed by atoms with van der Waals surface area (Å²) in [7, 11) is 1.76. The van der Waals surface area contributed by atoms with E-state index in [1.807, 2.05) is 6.20 Å². The van der Waals surface area contributed by atoms with Crippen molar-refractivity contribution in [2.24, 2.45) is 4.99 Å². The molecule has 0 radical (unpaired) electrons. The van der Waals surface area contributed by atoms with Gasteiger partial charge in [-0.15, -0.1) is 0 Å². The maximum Gasteiger partial charge on any atom is 0.191 e. The van der Waals surface area contributed by atoms with Crippen LogP contribution in [0.15, 0.2) is 53.7 Å². The van der Waals surface area contributed by atoms with E-state index in [9.17, 15) is 4.39 Å². The van der Waals surface area contributed by atoms with Gasteiger partial charge in [0.1, 0.15) is 5.82 Å². The van der Waals surface area contributed by atoms with Gasteiger partial charge in [0.15, 0.2) is 5.96 Å². The van der Waals surface area contributed by atoms with Gasteiger partial charge in [-0.2, -0.15) is 0 Å². The van der Waals surface area contributed by atoms with Crippen molar-refractivity contribution in [3.8, 4) is 0 Å². The topological polar surface area (TPSA) is 52.2 Å². The monoisotopic (exact) mass is 338 g/mol. The van der Waals surface area contributed by atoms with Crippen LogP contribution in [-0.4, -0.2) is 24.5 Å². The number of hydrogen-bond acceptors (Lipinski definition) is 1. The molecule has 0 bridgehead atoms. The standard InChI is InChI=1S/C20H23FN4/c1-14-3-5-15(6-4-14)12-25-20(22-2)23-10-9-16-13-24-19-8-7-17(21)11-18(16)19/h3-8,11,13,24H,9-10,12H2,1-2H3,(H2,22,23,25). The van der Waals surface area contributed by atoms with Crippen molar-refractivity contribution in [3.63, 3.8) is 0 Å². The van der Waals surface area contributed by atoms with Crippen molar-refractivity contribution in [2.75, 3.05) is 13.6 Å². The molecule has 0 aliphatic rings. The van der Waals surface area contributed by atoms with Gasteiger partial charge in [-0.3, -0.25) is 4.99 Å². The van der Waals surface area contributed by atoms with Crippen molar-refractivity contribution in [1.29, 1.82) is 0 Å². The Morgan fingerprint density at radius 1 is 1.12 bits per heavy atom. The summed E-state index contributed by atoms with van der Waals surface area (Å²) in [5.41, 5.74) is 4.51. The zero-order valence-corrected chi connectivity index (χ0v) is 14.6. The fraction of sp³-hybridized carbons (Fsp3) is 0.250. The summed E-state index contributed by atoms with van der Waals surface area (Å²) in [5, 5.41) is 7.54. The van der Waals surface area contributed by atoms with Crippen molar-refractivity contribution in [1.82, 2.24) is 15.6 Å². The predicted octanol–water partition coefficient (Wildman–Crippen LogP) is 3.52. The second-order valence-corrected chi connectivity index (χ2v) is 6.09. The maximum absolute atomic E-state index is 13.4. The molecule has 3 rings (SSSR count). The van der Waals surface area contributed by atoms with Crippen LogP contribution in [0.5, 0.6) is 0 Å². The van der Waals surface area contributed by atoms with Crippen molar-refractivity contribution >= 4 is 16.9 Å². The molecule has 4 nitrogen and oxygen atoms in total. The molecule has 0 unspecified atom stereocenters. The highest BCUT2D eigenvalue weighted by molar-refractivity contribution is 5.83. The van der Waals surface area contributed by atoms with E-state index in [-0.39, 0.29) is 5.82 Å². The molecule has 0 spiro atoms. The van der Waals surface area contributed by atoms with Gasteiger partial charge in [0.2, 0.25) is 0 Å². The fourth-order valence-electron chi connectivity index (χ4n) is 2.79. The van der Waals surface area contributed by atoms with Crippen LogP contribution in [0.1, 0.15) is 16.7 Å². The first kappa shape index (κ1) is 17.0. The molecule has 0 saturated carbocycles. The number of halogens is 1. The van der Waals surface area contributed by atoms with Gasteiger partial charge in [-0.1, -0.05) is 29.8 Å². The molecular formula is C20H23FN4. The Balaban J connectivity index is 1.52. The zero-order chi connectivity index (χ0) is 17.6. The van der Waals surface area contributed by atoms with Crippen LogP contribution in [0.3, 0.4) is 0 Å². The summed E-state index contributed by atoms with van der Waals surface area (Å²) in [6.07, 6.45) is 2.73. The molecule has 3 aromatic rings. The Morgan fingerprint density at radius 2 is 1.92 bits per heavy atom. The number of nitrogens with one attached hydrogen (secondary N) is 3. The van der Waals surface area contributed by atoms with Gasteiger partial charge in [0.25, 0.3) is 0 Å². The molecule has 0 atom stereocenters. The third kappa shape index (κ3) is 4.38. The van der Waals surface area contributed by atoms with Gasteiger partial charge in [0.05, 0.1) is 0 Å². The van der Waals surface area contributed by atoms with E-state index >= 15 is 0 Å². The number of aryl methyl sites for hydroxylation is 1. The van der Waals surface area contributed by atoms with Crippen molar-refractivity contribution < 1.29 is 4.39 Å². The number of rotatable bonds is 5. The highest BCUT2D eigenvalue weighted by atomic mass is 19.1. The average molecular weight is 338 g/mol. The molecule has 25 heavy (non-hydrogen) atoms. The lowest BCUT2D eigenvalue weighted by molar-refractivity contribution is 0.629. The van der Waals surface area contributed by atoms with E-state index in [0.717, 1.165) is 41.9 Å². The largest absolute Gasteiger partial charge is 0.361 e. The minimum absolute atomic E-state index is 0.211. The quantitative estimate of drug-likeness (QED) is 0.492. The molecule has 1 aromatic heterocycles. The third-order valence-corrected chi connectivity index (χ3v) is 4.22. The zero-order valence-electron chi connectivity index (χ0n) is 14.6. The Labute approximate surface area is 147 Å². The van der Waals surface area contributed by atoms with Gasteiger partial charge in [-0.05, 0) is 42.7 Å². The molecule has 130 valence electrons. The first-order chi connectivity index (χ1) is 12.2. The molecule has 2 aromatic carbocycles. The molecular weight excluding hydrogens is 315 g/mol. The number of benzene rings is 2. The summed E-state index contributed by atoms with van der Waals surface area (Å²) in [6.45, 7) is 3.52. The van der Waals surface area contributed by atoms with Crippen LogP contribution in [-0.2, 0) is 13.0 Å². The van der Waals surface area contributed by atoms with Crippen LogP contribution in [0.2, 0.25) is 0 Å². The van der Waals surface area contributed by atoms with Gasteiger partial charge >= 0.3 is 0 Å². The fourth-order valence-corrected chi connectivity index (χ4v) is 2.79. The molecule has 5 heteroatoms. The predicted molar refractivity (Wildman–Crippen MR) is 101 cm³/mol. The lowest BCUT2D eigenvalue weighted by Crippen LogP contribution is -2.37.